The van der Waals surface area contributed by atoms with Crippen LogP contribution in [0, 0.1) is 13.8 Å². The van der Waals surface area contributed by atoms with E-state index in [0.717, 1.165) is 38.7 Å². The topological polar surface area (TPSA) is 64.0 Å². The van der Waals surface area contributed by atoms with Crippen molar-refractivity contribution in [2.75, 3.05) is 5.32 Å². The van der Waals surface area contributed by atoms with E-state index in [1.807, 2.05) is 55.6 Å². The van der Waals surface area contributed by atoms with Crippen molar-refractivity contribution >= 4 is 43.9 Å². The Hall–Kier alpha value is -3.77. The fourth-order valence-electron chi connectivity index (χ4n) is 4.02. The lowest BCUT2D eigenvalue weighted by molar-refractivity contribution is -0.118. The predicted octanol–water partition coefficient (Wildman–Crippen LogP) is 6.09. The van der Waals surface area contributed by atoms with Gasteiger partial charge in [0.15, 0.2) is 0 Å². The Kier molecular flexibility index (Phi) is 5.30. The molecule has 0 radical (unpaired) electrons. The molecule has 0 fully saturated rings. The Balaban J connectivity index is 1.54. The molecule has 5 nitrogen and oxygen atoms in total. The Bertz CT molecular complexity index is 1580. The molecular formula is C27H23N3O2S. The number of aromatic nitrogens is 2. The summed E-state index contributed by atoms with van der Waals surface area (Å²) in [6, 6.07) is 19.5. The molecule has 2 aromatic heterocycles. The minimum absolute atomic E-state index is 0.215. The quantitative estimate of drug-likeness (QED) is 0.358. The highest BCUT2D eigenvalue weighted by Crippen LogP contribution is 2.32. The summed E-state index contributed by atoms with van der Waals surface area (Å²) >= 11 is 1.44. The normalized spacial score (nSPS) is 12.2. The summed E-state index contributed by atoms with van der Waals surface area (Å²) in [6.07, 6.45) is 1.47. The highest BCUT2D eigenvalue weighted by Gasteiger charge is 2.21. The van der Waals surface area contributed by atoms with Gasteiger partial charge in [-0.25, -0.2) is 4.98 Å². The van der Waals surface area contributed by atoms with Crippen molar-refractivity contribution in [3.63, 3.8) is 0 Å². The molecule has 3 aromatic carbocycles. The fraction of sp³-hybridized carbons (Fsp3) is 0.148. The lowest BCUT2D eigenvalue weighted by Gasteiger charge is -2.16. The average molecular weight is 454 g/mol. The van der Waals surface area contributed by atoms with Crippen LogP contribution in [0.5, 0.6) is 0 Å². The van der Waals surface area contributed by atoms with E-state index in [0.29, 0.717) is 10.2 Å². The third-order valence-electron chi connectivity index (χ3n) is 6.03. The first-order valence-electron chi connectivity index (χ1n) is 10.8. The molecular weight excluding hydrogens is 430 g/mol. The van der Waals surface area contributed by atoms with Crippen LogP contribution in [-0.4, -0.2) is 15.5 Å². The van der Waals surface area contributed by atoms with Crippen LogP contribution < -0.4 is 10.9 Å². The summed E-state index contributed by atoms with van der Waals surface area (Å²) in [5, 5.41) is 7.73. The number of carbonyl (C=O) groups excluding carboxylic acids is 1. The minimum atomic E-state index is -0.710. The van der Waals surface area contributed by atoms with Gasteiger partial charge in [-0.05, 0) is 60.4 Å². The molecule has 5 rings (SSSR count). The van der Waals surface area contributed by atoms with Gasteiger partial charge in [-0.3, -0.25) is 14.2 Å². The standard InChI is InChI=1S/C27H23N3O2S/c1-16-8-9-17(2)23(12-16)29-25(31)18(3)30-15-28-26-24(27(30)32)22(14-33-26)21-11-10-19-6-4-5-7-20(19)13-21/h4-15,18H,1-3H3,(H,29,31). The number of aryl methyl sites for hydroxylation is 2. The van der Waals surface area contributed by atoms with Crippen LogP contribution >= 0.6 is 11.3 Å². The first-order valence-corrected chi connectivity index (χ1v) is 11.7. The Labute approximate surface area is 195 Å². The number of rotatable bonds is 4. The van der Waals surface area contributed by atoms with Gasteiger partial charge in [0.05, 0.1) is 11.7 Å². The van der Waals surface area contributed by atoms with Crippen LogP contribution in [0.4, 0.5) is 5.69 Å². The monoisotopic (exact) mass is 453 g/mol. The van der Waals surface area contributed by atoms with Crippen LogP contribution in [0.2, 0.25) is 0 Å². The van der Waals surface area contributed by atoms with Gasteiger partial charge in [-0.15, -0.1) is 11.3 Å². The van der Waals surface area contributed by atoms with E-state index >= 15 is 0 Å². The average Bonchev–Trinajstić information content (AvgIpc) is 3.26. The van der Waals surface area contributed by atoms with Crippen molar-refractivity contribution in [3.8, 4) is 11.1 Å². The Morgan fingerprint density at radius 3 is 2.64 bits per heavy atom. The first kappa shape index (κ1) is 21.1. The zero-order chi connectivity index (χ0) is 23.1. The summed E-state index contributed by atoms with van der Waals surface area (Å²) in [5.74, 6) is -0.255. The molecule has 0 aliphatic carbocycles. The zero-order valence-corrected chi connectivity index (χ0v) is 19.4. The van der Waals surface area contributed by atoms with Crippen LogP contribution in [-0.2, 0) is 4.79 Å². The predicted molar refractivity (Wildman–Crippen MR) is 136 cm³/mol. The van der Waals surface area contributed by atoms with E-state index in [1.54, 1.807) is 6.92 Å². The summed E-state index contributed by atoms with van der Waals surface area (Å²) in [5.41, 5.74) is 4.37. The molecule has 0 saturated carbocycles. The summed E-state index contributed by atoms with van der Waals surface area (Å²) in [6.45, 7) is 5.64. The van der Waals surface area contributed by atoms with Crippen molar-refractivity contribution in [3.05, 3.63) is 93.9 Å². The maximum absolute atomic E-state index is 13.5. The van der Waals surface area contributed by atoms with Gasteiger partial charge in [0, 0.05) is 16.6 Å². The summed E-state index contributed by atoms with van der Waals surface area (Å²) < 4.78 is 1.42. The van der Waals surface area contributed by atoms with Gasteiger partial charge < -0.3 is 5.32 Å². The molecule has 1 atom stereocenters. The number of amides is 1. The van der Waals surface area contributed by atoms with Crippen LogP contribution in [0.1, 0.15) is 24.1 Å². The zero-order valence-electron chi connectivity index (χ0n) is 18.6. The Morgan fingerprint density at radius 2 is 1.82 bits per heavy atom. The maximum Gasteiger partial charge on any atom is 0.263 e. The molecule has 0 spiro atoms. The molecule has 33 heavy (non-hydrogen) atoms. The van der Waals surface area contributed by atoms with E-state index in [4.69, 9.17) is 0 Å². The lowest BCUT2D eigenvalue weighted by Crippen LogP contribution is -2.31. The molecule has 1 amide bonds. The van der Waals surface area contributed by atoms with Crippen molar-refractivity contribution in [1.82, 2.24) is 9.55 Å². The van der Waals surface area contributed by atoms with E-state index in [1.165, 1.54) is 22.2 Å². The third kappa shape index (κ3) is 3.83. The van der Waals surface area contributed by atoms with E-state index in [-0.39, 0.29) is 11.5 Å². The molecule has 1 N–H and O–H groups in total. The van der Waals surface area contributed by atoms with E-state index in [2.05, 4.69) is 34.6 Å². The van der Waals surface area contributed by atoms with E-state index in [9.17, 15) is 9.59 Å². The molecule has 0 saturated heterocycles. The molecule has 164 valence electrons. The number of carbonyl (C=O) groups is 1. The lowest BCUT2D eigenvalue weighted by atomic mass is 10.0. The van der Waals surface area contributed by atoms with Gasteiger partial charge in [0.2, 0.25) is 5.91 Å². The number of fused-ring (bicyclic) bond motifs is 2. The van der Waals surface area contributed by atoms with Gasteiger partial charge in [0.1, 0.15) is 10.9 Å². The fourth-order valence-corrected chi connectivity index (χ4v) is 4.93. The maximum atomic E-state index is 13.5. The molecule has 1 unspecified atom stereocenters. The second-order valence-electron chi connectivity index (χ2n) is 8.33. The van der Waals surface area contributed by atoms with Crippen molar-refractivity contribution < 1.29 is 4.79 Å². The molecule has 0 aliphatic heterocycles. The number of benzene rings is 3. The highest BCUT2D eigenvalue weighted by atomic mass is 32.1. The largest absolute Gasteiger partial charge is 0.324 e. The molecule has 5 aromatic rings. The Morgan fingerprint density at radius 1 is 1.03 bits per heavy atom. The van der Waals surface area contributed by atoms with Gasteiger partial charge in [-0.2, -0.15) is 0 Å². The van der Waals surface area contributed by atoms with E-state index < -0.39 is 6.04 Å². The van der Waals surface area contributed by atoms with Crippen LogP contribution in [0.15, 0.2) is 77.2 Å². The summed E-state index contributed by atoms with van der Waals surface area (Å²) in [4.78, 5) is 31.7. The number of thiophene rings is 1. The van der Waals surface area contributed by atoms with Crippen molar-refractivity contribution in [2.45, 2.75) is 26.8 Å². The number of anilines is 1. The van der Waals surface area contributed by atoms with Crippen LogP contribution in [0.25, 0.3) is 32.1 Å². The number of nitrogens with one attached hydrogen (secondary N) is 1. The van der Waals surface area contributed by atoms with Gasteiger partial charge >= 0.3 is 0 Å². The number of hydrogen-bond donors (Lipinski definition) is 1. The first-order chi connectivity index (χ1) is 15.9. The SMILES string of the molecule is Cc1ccc(C)c(NC(=O)C(C)n2cnc3scc(-c4ccc5ccccc5c4)c3c2=O)c1. The minimum Gasteiger partial charge on any atom is -0.324 e. The van der Waals surface area contributed by atoms with Gasteiger partial charge in [-0.1, -0.05) is 48.5 Å². The smallest absolute Gasteiger partial charge is 0.263 e. The summed E-state index contributed by atoms with van der Waals surface area (Å²) in [7, 11) is 0. The third-order valence-corrected chi connectivity index (χ3v) is 6.91. The van der Waals surface area contributed by atoms with Crippen molar-refractivity contribution in [2.24, 2.45) is 0 Å². The highest BCUT2D eigenvalue weighted by molar-refractivity contribution is 7.17. The molecule has 6 heteroatoms. The number of hydrogen-bond acceptors (Lipinski definition) is 4. The number of nitrogens with zero attached hydrogens (tertiary/aromatic N) is 2. The molecule has 0 bridgehead atoms. The molecule has 0 aliphatic rings. The van der Waals surface area contributed by atoms with Crippen molar-refractivity contribution in [1.29, 1.82) is 0 Å². The second-order valence-corrected chi connectivity index (χ2v) is 9.19. The molecule has 2 heterocycles. The van der Waals surface area contributed by atoms with Gasteiger partial charge in [0.25, 0.3) is 5.56 Å². The van der Waals surface area contributed by atoms with Crippen LogP contribution in [0.3, 0.4) is 0 Å². The second kappa shape index (κ2) is 8.30.